The molecule has 17 heavy (non-hydrogen) atoms. The lowest BCUT2D eigenvalue weighted by molar-refractivity contribution is 0.190. The zero-order chi connectivity index (χ0) is 12.3. The van der Waals surface area contributed by atoms with Gasteiger partial charge in [-0.3, -0.25) is 0 Å². The molecule has 0 aromatic heterocycles. The van der Waals surface area contributed by atoms with Crippen molar-refractivity contribution in [2.24, 2.45) is 5.92 Å². The monoisotopic (exact) mass is 258 g/mol. The van der Waals surface area contributed by atoms with Gasteiger partial charge in [-0.15, -0.1) is 0 Å². The van der Waals surface area contributed by atoms with Crippen molar-refractivity contribution in [1.29, 1.82) is 0 Å². The van der Waals surface area contributed by atoms with Gasteiger partial charge in [-0.05, 0) is 75.8 Å². The van der Waals surface area contributed by atoms with Gasteiger partial charge in [0, 0.05) is 0 Å². The number of nitrogens with zero attached hydrogens (tertiary/aromatic N) is 1. The summed E-state index contributed by atoms with van der Waals surface area (Å²) in [4.78, 5) is 2.63. The Morgan fingerprint density at radius 3 is 2.59 bits per heavy atom. The van der Waals surface area contributed by atoms with E-state index in [0.717, 1.165) is 5.92 Å². The highest BCUT2D eigenvalue weighted by Crippen LogP contribution is 2.15. The van der Waals surface area contributed by atoms with E-state index in [1.807, 2.05) is 11.8 Å². The second-order valence-corrected chi connectivity index (χ2v) is 6.57. The molecular weight excluding hydrogens is 228 g/mol. The Morgan fingerprint density at radius 1 is 1.18 bits per heavy atom. The van der Waals surface area contributed by atoms with Crippen LogP contribution >= 0.6 is 11.8 Å². The van der Waals surface area contributed by atoms with Crippen LogP contribution in [0.2, 0.25) is 0 Å². The fourth-order valence-corrected chi connectivity index (χ4v) is 2.92. The first-order chi connectivity index (χ1) is 8.33. The summed E-state index contributed by atoms with van der Waals surface area (Å²) in [5, 5.41) is 3.55. The summed E-state index contributed by atoms with van der Waals surface area (Å²) < 4.78 is 0. The molecule has 1 heterocycles. The molecule has 0 aromatic carbocycles. The van der Waals surface area contributed by atoms with Crippen molar-refractivity contribution in [1.82, 2.24) is 10.2 Å². The van der Waals surface area contributed by atoms with Crippen LogP contribution in [0.15, 0.2) is 0 Å². The Labute approximate surface area is 112 Å². The zero-order valence-corrected chi connectivity index (χ0v) is 12.5. The Morgan fingerprint density at radius 2 is 1.88 bits per heavy atom. The number of likely N-dealkylation sites (tertiary alicyclic amines) is 1. The van der Waals surface area contributed by atoms with Gasteiger partial charge >= 0.3 is 0 Å². The highest BCUT2D eigenvalue weighted by atomic mass is 32.2. The Bertz CT molecular complexity index is 168. The molecule has 2 nitrogen and oxygen atoms in total. The molecule has 1 N–H and O–H groups in total. The van der Waals surface area contributed by atoms with Crippen molar-refractivity contribution < 1.29 is 0 Å². The predicted octanol–water partition coefficient (Wildman–Crippen LogP) is 2.84. The molecule has 0 amide bonds. The number of thioether (sulfide) groups is 1. The van der Waals surface area contributed by atoms with E-state index in [2.05, 4.69) is 24.1 Å². The molecule has 102 valence electrons. The van der Waals surface area contributed by atoms with Gasteiger partial charge < -0.3 is 10.2 Å². The summed E-state index contributed by atoms with van der Waals surface area (Å²) in [5.74, 6) is 3.53. The van der Waals surface area contributed by atoms with Crippen molar-refractivity contribution in [3.05, 3.63) is 0 Å². The first-order valence-electron chi connectivity index (χ1n) is 7.33. The third-order valence-corrected chi connectivity index (χ3v) is 4.54. The molecule has 1 rings (SSSR count). The highest BCUT2D eigenvalue weighted by molar-refractivity contribution is 7.99. The minimum atomic E-state index is 0.959. The molecule has 0 bridgehead atoms. The quantitative estimate of drug-likeness (QED) is 0.640. The summed E-state index contributed by atoms with van der Waals surface area (Å²) in [6.45, 7) is 11.0. The minimum absolute atomic E-state index is 0.959. The second-order valence-electron chi connectivity index (χ2n) is 5.18. The second kappa shape index (κ2) is 10.2. The molecule has 3 heteroatoms. The normalized spacial score (nSPS) is 18.7. The fraction of sp³-hybridized carbons (Fsp3) is 1.00. The number of nitrogens with one attached hydrogen (secondary N) is 1. The van der Waals surface area contributed by atoms with E-state index in [9.17, 15) is 0 Å². The summed E-state index contributed by atoms with van der Waals surface area (Å²) in [6.07, 6.45) is 5.44. The average Bonchev–Trinajstić information content (AvgIpc) is 2.35. The maximum atomic E-state index is 3.55. The van der Waals surface area contributed by atoms with Crippen molar-refractivity contribution in [3.8, 4) is 0 Å². The fourth-order valence-electron chi connectivity index (χ4n) is 2.28. The highest BCUT2D eigenvalue weighted by Gasteiger charge is 2.14. The van der Waals surface area contributed by atoms with Crippen LogP contribution in [0.4, 0.5) is 0 Å². The lowest BCUT2D eigenvalue weighted by Gasteiger charge is -2.30. The zero-order valence-electron chi connectivity index (χ0n) is 11.7. The first kappa shape index (κ1) is 15.3. The van der Waals surface area contributed by atoms with E-state index >= 15 is 0 Å². The van der Waals surface area contributed by atoms with E-state index < -0.39 is 0 Å². The Balaban J connectivity index is 1.81. The van der Waals surface area contributed by atoms with Gasteiger partial charge in [-0.2, -0.15) is 11.8 Å². The van der Waals surface area contributed by atoms with Crippen LogP contribution in [-0.2, 0) is 0 Å². The van der Waals surface area contributed by atoms with Crippen molar-refractivity contribution in [2.75, 3.05) is 44.2 Å². The third kappa shape index (κ3) is 8.06. The SMILES string of the molecule is CCSCCCNCCCN1CCC(C)CC1. The molecule has 0 aromatic rings. The number of piperidine rings is 1. The number of rotatable bonds is 9. The molecule has 1 saturated heterocycles. The van der Waals surface area contributed by atoms with Crippen LogP contribution in [0.25, 0.3) is 0 Å². The van der Waals surface area contributed by atoms with E-state index in [1.165, 1.54) is 69.9 Å². The third-order valence-electron chi connectivity index (χ3n) is 3.55. The van der Waals surface area contributed by atoms with Gasteiger partial charge in [0.15, 0.2) is 0 Å². The van der Waals surface area contributed by atoms with E-state index in [-0.39, 0.29) is 0 Å². The summed E-state index contributed by atoms with van der Waals surface area (Å²) in [7, 11) is 0. The molecule has 0 spiro atoms. The summed E-state index contributed by atoms with van der Waals surface area (Å²) >= 11 is 2.05. The molecule has 0 atom stereocenters. The van der Waals surface area contributed by atoms with Gasteiger partial charge in [-0.1, -0.05) is 13.8 Å². The molecule has 1 fully saturated rings. The van der Waals surface area contributed by atoms with Crippen LogP contribution in [0.5, 0.6) is 0 Å². The topological polar surface area (TPSA) is 15.3 Å². The van der Waals surface area contributed by atoms with Crippen LogP contribution in [-0.4, -0.2) is 49.1 Å². The molecule has 0 radical (unpaired) electrons. The molecule has 0 unspecified atom stereocenters. The number of hydrogen-bond donors (Lipinski definition) is 1. The van der Waals surface area contributed by atoms with Crippen molar-refractivity contribution >= 4 is 11.8 Å². The molecule has 0 aliphatic carbocycles. The van der Waals surface area contributed by atoms with Gasteiger partial charge in [0.1, 0.15) is 0 Å². The summed E-state index contributed by atoms with van der Waals surface area (Å²) in [5.41, 5.74) is 0. The number of hydrogen-bond acceptors (Lipinski definition) is 3. The summed E-state index contributed by atoms with van der Waals surface area (Å²) in [6, 6.07) is 0. The van der Waals surface area contributed by atoms with Crippen LogP contribution < -0.4 is 5.32 Å². The van der Waals surface area contributed by atoms with Crippen LogP contribution in [0.1, 0.15) is 39.5 Å². The lowest BCUT2D eigenvalue weighted by Crippen LogP contribution is -2.34. The first-order valence-corrected chi connectivity index (χ1v) is 8.49. The molecule has 1 aliphatic rings. The van der Waals surface area contributed by atoms with Crippen molar-refractivity contribution in [3.63, 3.8) is 0 Å². The minimum Gasteiger partial charge on any atom is -0.317 e. The standard InChI is InChI=1S/C14H30N2S/c1-3-17-13-5-9-15-8-4-10-16-11-6-14(2)7-12-16/h14-15H,3-13H2,1-2H3. The van der Waals surface area contributed by atoms with E-state index in [0.29, 0.717) is 0 Å². The average molecular weight is 258 g/mol. The van der Waals surface area contributed by atoms with Gasteiger partial charge in [0.05, 0.1) is 0 Å². The maximum Gasteiger partial charge on any atom is -0.000664 e. The smallest absolute Gasteiger partial charge is 0.000664 e. The van der Waals surface area contributed by atoms with Crippen molar-refractivity contribution in [2.45, 2.75) is 39.5 Å². The lowest BCUT2D eigenvalue weighted by atomic mass is 9.99. The largest absolute Gasteiger partial charge is 0.317 e. The Hall–Kier alpha value is 0.270. The van der Waals surface area contributed by atoms with Crippen LogP contribution in [0, 0.1) is 5.92 Å². The van der Waals surface area contributed by atoms with Gasteiger partial charge in [0.2, 0.25) is 0 Å². The van der Waals surface area contributed by atoms with Gasteiger partial charge in [-0.25, -0.2) is 0 Å². The maximum absolute atomic E-state index is 3.55. The Kier molecular flexibility index (Phi) is 9.21. The van der Waals surface area contributed by atoms with Gasteiger partial charge in [0.25, 0.3) is 0 Å². The molecule has 1 aliphatic heterocycles. The van der Waals surface area contributed by atoms with Crippen LogP contribution in [0.3, 0.4) is 0 Å². The molecule has 0 saturated carbocycles. The predicted molar refractivity (Wildman–Crippen MR) is 79.9 cm³/mol. The molecular formula is C14H30N2S. The van der Waals surface area contributed by atoms with E-state index in [1.54, 1.807) is 0 Å². The van der Waals surface area contributed by atoms with E-state index in [4.69, 9.17) is 0 Å².